The van der Waals surface area contributed by atoms with Crippen LogP contribution in [0.25, 0.3) is 71.7 Å². The topological polar surface area (TPSA) is 36.9 Å². The summed E-state index contributed by atoms with van der Waals surface area (Å²) in [7, 11) is 0. The number of ether oxygens (including phenoxy) is 1. The van der Waals surface area contributed by atoms with E-state index in [0.29, 0.717) is 6.61 Å². The van der Waals surface area contributed by atoms with Crippen LogP contribution in [0.3, 0.4) is 0 Å². The molecule has 5 nitrogen and oxygen atoms in total. The molecule has 0 spiro atoms. The van der Waals surface area contributed by atoms with E-state index in [1.165, 1.54) is 43.6 Å². The summed E-state index contributed by atoms with van der Waals surface area (Å²) >= 11 is 0. The van der Waals surface area contributed by atoms with Gasteiger partial charge in [0, 0.05) is 32.9 Å². The number of imidazole rings is 1. The van der Waals surface area contributed by atoms with Crippen molar-refractivity contribution < 1.29 is 4.74 Å². The Hall–Kier alpha value is -5.81. The van der Waals surface area contributed by atoms with Gasteiger partial charge in [0.2, 0.25) is 0 Å². The van der Waals surface area contributed by atoms with Crippen molar-refractivity contribution in [1.82, 2.24) is 18.7 Å². The number of benzene rings is 6. The summed E-state index contributed by atoms with van der Waals surface area (Å²) in [4.78, 5) is 5.01. The van der Waals surface area contributed by atoms with Crippen LogP contribution in [-0.4, -0.2) is 18.7 Å². The summed E-state index contributed by atoms with van der Waals surface area (Å²) in [5.41, 5.74) is 10.1. The second-order valence-electron chi connectivity index (χ2n) is 11.2. The standard InChI is InChI=1S/C38H24N4O/c1-4-12-31-26(9-1)27-10-2-5-13-32(27)40(31)24-17-19-34-29(21-24)28-11-3-6-14-33(28)41(34)25-18-20-35-30(22-25)39-38-23-43-37-16-8-7-15-36(37)42(35)38/h1-22H,23H2. The minimum absolute atomic E-state index is 0.460. The summed E-state index contributed by atoms with van der Waals surface area (Å²) in [6.07, 6.45) is 0. The fourth-order valence-corrected chi connectivity index (χ4v) is 7.11. The third-order valence-corrected chi connectivity index (χ3v) is 8.92. The Bertz CT molecular complexity index is 2530. The maximum atomic E-state index is 6.00. The van der Waals surface area contributed by atoms with Gasteiger partial charge >= 0.3 is 0 Å². The van der Waals surface area contributed by atoms with Crippen molar-refractivity contribution in [2.24, 2.45) is 0 Å². The lowest BCUT2D eigenvalue weighted by atomic mass is 10.1. The quantitative estimate of drug-likeness (QED) is 0.214. The molecule has 4 heterocycles. The Morgan fingerprint density at radius 1 is 0.465 bits per heavy atom. The molecule has 9 aromatic rings. The van der Waals surface area contributed by atoms with Crippen LogP contribution < -0.4 is 4.74 Å². The first-order chi connectivity index (χ1) is 21.3. The molecule has 0 radical (unpaired) electrons. The molecule has 5 heteroatoms. The van der Waals surface area contributed by atoms with Gasteiger partial charge in [0.1, 0.15) is 12.4 Å². The lowest BCUT2D eigenvalue weighted by Gasteiger charge is -2.19. The van der Waals surface area contributed by atoms with Crippen molar-refractivity contribution in [2.75, 3.05) is 0 Å². The Balaban J connectivity index is 1.21. The van der Waals surface area contributed by atoms with Gasteiger partial charge in [-0.2, -0.15) is 0 Å². The van der Waals surface area contributed by atoms with Crippen molar-refractivity contribution in [1.29, 1.82) is 0 Å². The second kappa shape index (κ2) is 8.37. The maximum absolute atomic E-state index is 6.00. The smallest absolute Gasteiger partial charge is 0.152 e. The molecule has 0 saturated heterocycles. The van der Waals surface area contributed by atoms with Gasteiger partial charge in [0.15, 0.2) is 5.82 Å². The van der Waals surface area contributed by atoms with E-state index in [1.807, 2.05) is 18.2 Å². The van der Waals surface area contributed by atoms with Gasteiger partial charge < -0.3 is 13.9 Å². The highest BCUT2D eigenvalue weighted by molar-refractivity contribution is 6.12. The first-order valence-electron chi connectivity index (χ1n) is 14.6. The number of fused-ring (bicyclic) bond motifs is 11. The monoisotopic (exact) mass is 552 g/mol. The number of para-hydroxylation sites is 5. The fourth-order valence-electron chi connectivity index (χ4n) is 7.11. The van der Waals surface area contributed by atoms with Gasteiger partial charge in [-0.3, -0.25) is 4.57 Å². The van der Waals surface area contributed by atoms with Crippen molar-refractivity contribution >= 4 is 54.6 Å². The summed E-state index contributed by atoms with van der Waals surface area (Å²) < 4.78 is 13.0. The minimum atomic E-state index is 0.460. The normalized spacial score (nSPS) is 12.7. The molecule has 6 aromatic carbocycles. The van der Waals surface area contributed by atoms with Crippen LogP contribution in [0.5, 0.6) is 5.75 Å². The SMILES string of the molecule is c1ccc2c(c1)OCc1nc3cc(-n4c5ccccc5c5cc(-n6c7ccccc7c7ccccc76)ccc54)ccc3n1-2. The van der Waals surface area contributed by atoms with Crippen LogP contribution in [0.1, 0.15) is 5.82 Å². The highest BCUT2D eigenvalue weighted by Crippen LogP contribution is 2.38. The van der Waals surface area contributed by atoms with Crippen molar-refractivity contribution in [2.45, 2.75) is 6.61 Å². The van der Waals surface area contributed by atoms with Gasteiger partial charge in [-0.1, -0.05) is 66.7 Å². The highest BCUT2D eigenvalue weighted by atomic mass is 16.5. The molecule has 3 aromatic heterocycles. The van der Waals surface area contributed by atoms with Gasteiger partial charge in [-0.25, -0.2) is 4.98 Å². The Morgan fingerprint density at radius 2 is 1.00 bits per heavy atom. The van der Waals surface area contributed by atoms with Crippen LogP contribution in [-0.2, 0) is 6.61 Å². The third kappa shape index (κ3) is 3.08. The van der Waals surface area contributed by atoms with Crippen molar-refractivity contribution in [3.8, 4) is 22.8 Å². The number of hydrogen-bond donors (Lipinski definition) is 0. The lowest BCUT2D eigenvalue weighted by molar-refractivity contribution is 0.280. The first-order valence-corrected chi connectivity index (χ1v) is 14.6. The van der Waals surface area contributed by atoms with E-state index in [2.05, 4.69) is 129 Å². The second-order valence-corrected chi connectivity index (χ2v) is 11.2. The lowest BCUT2D eigenvalue weighted by Crippen LogP contribution is -2.12. The fraction of sp³-hybridized carbons (Fsp3) is 0.0263. The van der Waals surface area contributed by atoms with Crippen LogP contribution in [0.15, 0.2) is 133 Å². The first kappa shape index (κ1) is 22.8. The van der Waals surface area contributed by atoms with Crippen molar-refractivity contribution in [3.05, 3.63) is 139 Å². The molecule has 10 rings (SSSR count). The number of hydrogen-bond acceptors (Lipinski definition) is 2. The van der Waals surface area contributed by atoms with Gasteiger partial charge in [-0.15, -0.1) is 0 Å². The number of rotatable bonds is 2. The average Bonchev–Trinajstić information content (AvgIpc) is 3.72. The Labute approximate surface area is 246 Å². The molecule has 0 saturated carbocycles. The molecule has 0 N–H and O–H groups in total. The maximum Gasteiger partial charge on any atom is 0.152 e. The summed E-state index contributed by atoms with van der Waals surface area (Å²) in [5.74, 6) is 1.81. The summed E-state index contributed by atoms with van der Waals surface area (Å²) in [6, 6.07) is 47.7. The largest absolute Gasteiger partial charge is 0.483 e. The van der Waals surface area contributed by atoms with E-state index < -0.39 is 0 Å². The van der Waals surface area contributed by atoms with E-state index >= 15 is 0 Å². The van der Waals surface area contributed by atoms with E-state index in [1.54, 1.807) is 0 Å². The molecule has 0 unspecified atom stereocenters. The summed E-state index contributed by atoms with van der Waals surface area (Å²) in [5, 5.41) is 4.99. The number of aromatic nitrogens is 4. The molecular weight excluding hydrogens is 528 g/mol. The van der Waals surface area contributed by atoms with E-state index in [0.717, 1.165) is 39.7 Å². The minimum Gasteiger partial charge on any atom is -0.483 e. The zero-order valence-corrected chi connectivity index (χ0v) is 23.1. The molecule has 1 aliphatic heterocycles. The molecule has 43 heavy (non-hydrogen) atoms. The molecule has 0 bridgehead atoms. The van der Waals surface area contributed by atoms with Gasteiger partial charge in [0.25, 0.3) is 0 Å². The summed E-state index contributed by atoms with van der Waals surface area (Å²) in [6.45, 7) is 0.460. The van der Waals surface area contributed by atoms with E-state index in [9.17, 15) is 0 Å². The molecule has 1 aliphatic rings. The third-order valence-electron chi connectivity index (χ3n) is 8.92. The van der Waals surface area contributed by atoms with Crippen LogP contribution in [0.4, 0.5) is 0 Å². The van der Waals surface area contributed by atoms with Gasteiger partial charge in [0.05, 0.1) is 38.8 Å². The van der Waals surface area contributed by atoms with Crippen LogP contribution in [0.2, 0.25) is 0 Å². The average molecular weight is 553 g/mol. The van der Waals surface area contributed by atoms with Crippen LogP contribution >= 0.6 is 0 Å². The molecule has 202 valence electrons. The zero-order valence-electron chi connectivity index (χ0n) is 23.1. The molecule has 0 atom stereocenters. The number of nitrogens with zero attached hydrogens (tertiary/aromatic N) is 4. The zero-order chi connectivity index (χ0) is 28.1. The Morgan fingerprint density at radius 3 is 1.70 bits per heavy atom. The van der Waals surface area contributed by atoms with E-state index in [4.69, 9.17) is 9.72 Å². The van der Waals surface area contributed by atoms with Gasteiger partial charge in [-0.05, 0) is 66.7 Å². The van der Waals surface area contributed by atoms with E-state index in [-0.39, 0.29) is 0 Å². The molecular formula is C38H24N4O. The van der Waals surface area contributed by atoms with Crippen molar-refractivity contribution in [3.63, 3.8) is 0 Å². The predicted molar refractivity (Wildman–Crippen MR) is 174 cm³/mol. The Kier molecular flexibility index (Phi) is 4.44. The molecule has 0 aliphatic carbocycles. The highest BCUT2D eigenvalue weighted by Gasteiger charge is 2.22. The molecule has 0 amide bonds. The molecule has 0 fully saturated rings. The van der Waals surface area contributed by atoms with Crippen LogP contribution in [0, 0.1) is 0 Å². The predicted octanol–water partition coefficient (Wildman–Crippen LogP) is 9.11.